The number of aromatic nitrogens is 2. The molecule has 28 heavy (non-hydrogen) atoms. The van der Waals surface area contributed by atoms with Crippen LogP contribution in [0.5, 0.6) is 0 Å². The normalized spacial score (nSPS) is 24.2. The van der Waals surface area contributed by atoms with Gasteiger partial charge in [0.15, 0.2) is 5.82 Å². The van der Waals surface area contributed by atoms with Crippen LogP contribution in [-0.4, -0.2) is 59.3 Å². The van der Waals surface area contributed by atoms with Crippen molar-refractivity contribution in [2.24, 2.45) is 0 Å². The molecule has 0 N–H and O–H groups in total. The molecule has 2 saturated heterocycles. The Morgan fingerprint density at radius 3 is 2.32 bits per heavy atom. The molecule has 1 aromatic carbocycles. The number of ether oxygens (including phenoxy) is 1. The monoisotopic (exact) mass is 382 g/mol. The van der Waals surface area contributed by atoms with Gasteiger partial charge >= 0.3 is 0 Å². The summed E-state index contributed by atoms with van der Waals surface area (Å²) in [5.74, 6) is 1.62. The lowest BCUT2D eigenvalue weighted by Gasteiger charge is -2.40. The van der Waals surface area contributed by atoms with Crippen molar-refractivity contribution in [3.63, 3.8) is 0 Å². The van der Waals surface area contributed by atoms with E-state index in [9.17, 15) is 0 Å². The van der Waals surface area contributed by atoms with Crippen LogP contribution in [0.4, 0.5) is 0 Å². The van der Waals surface area contributed by atoms with Gasteiger partial charge in [-0.05, 0) is 44.0 Å². The second-order valence-corrected chi connectivity index (χ2v) is 8.48. The maximum absolute atomic E-state index is 5.99. The number of hydrogen-bond acceptors (Lipinski definition) is 6. The van der Waals surface area contributed by atoms with Gasteiger partial charge in [0.25, 0.3) is 0 Å². The summed E-state index contributed by atoms with van der Waals surface area (Å²) in [4.78, 5) is 10.00. The number of hydrogen-bond donors (Lipinski definition) is 0. The molecule has 0 amide bonds. The van der Waals surface area contributed by atoms with Gasteiger partial charge in [-0.1, -0.05) is 35.8 Å². The molecule has 0 bridgehead atoms. The topological polar surface area (TPSA) is 54.6 Å². The van der Waals surface area contributed by atoms with Gasteiger partial charge in [0.05, 0.1) is 19.3 Å². The van der Waals surface area contributed by atoms with Gasteiger partial charge in [-0.2, -0.15) is 4.98 Å². The first-order valence-electron chi connectivity index (χ1n) is 10.7. The Kier molecular flexibility index (Phi) is 4.95. The Labute approximate surface area is 166 Å². The molecule has 1 aromatic heterocycles. The van der Waals surface area contributed by atoms with Crippen molar-refractivity contribution in [2.45, 2.75) is 50.6 Å². The van der Waals surface area contributed by atoms with Gasteiger partial charge in [-0.25, -0.2) is 0 Å². The second-order valence-electron chi connectivity index (χ2n) is 8.48. The van der Waals surface area contributed by atoms with Crippen molar-refractivity contribution in [2.75, 3.05) is 39.4 Å². The van der Waals surface area contributed by atoms with Crippen LogP contribution in [0.15, 0.2) is 28.8 Å². The van der Waals surface area contributed by atoms with Crippen molar-refractivity contribution in [3.8, 4) is 0 Å². The third-order valence-corrected chi connectivity index (χ3v) is 6.85. The van der Waals surface area contributed by atoms with E-state index in [2.05, 4.69) is 46.1 Å². The fraction of sp³-hybridized carbons (Fsp3) is 0.636. The molecule has 5 rings (SSSR count). The third-order valence-electron chi connectivity index (χ3n) is 6.85. The molecule has 0 radical (unpaired) electrons. The Balaban J connectivity index is 1.46. The molecule has 2 aliphatic heterocycles. The second kappa shape index (κ2) is 7.58. The predicted molar refractivity (Wildman–Crippen MR) is 106 cm³/mol. The van der Waals surface area contributed by atoms with Gasteiger partial charge in [0.1, 0.15) is 5.54 Å². The highest BCUT2D eigenvalue weighted by Crippen LogP contribution is 2.43. The summed E-state index contributed by atoms with van der Waals surface area (Å²) in [6, 6.07) is 8.96. The Bertz CT molecular complexity index is 783. The lowest BCUT2D eigenvalue weighted by Crippen LogP contribution is -2.49. The maximum atomic E-state index is 5.99. The molecule has 6 nitrogen and oxygen atoms in total. The summed E-state index contributed by atoms with van der Waals surface area (Å²) in [6.45, 7) is 7.82. The van der Waals surface area contributed by atoms with E-state index in [1.807, 2.05) is 0 Å². The summed E-state index contributed by atoms with van der Waals surface area (Å²) in [5.41, 5.74) is 2.67. The third kappa shape index (κ3) is 3.17. The van der Waals surface area contributed by atoms with E-state index >= 15 is 0 Å². The van der Waals surface area contributed by atoms with Crippen LogP contribution in [0, 0.1) is 0 Å². The molecule has 0 spiro atoms. The van der Waals surface area contributed by atoms with Crippen LogP contribution in [0.3, 0.4) is 0 Å². The van der Waals surface area contributed by atoms with Crippen molar-refractivity contribution < 1.29 is 9.26 Å². The zero-order valence-corrected chi connectivity index (χ0v) is 16.8. The SMILES string of the molecule is CC(c1noc(C2(N3CCCCC3)Cc3ccccc3C2)n1)N1CCOCC1. The van der Waals surface area contributed by atoms with E-state index < -0.39 is 0 Å². The van der Waals surface area contributed by atoms with Crippen LogP contribution < -0.4 is 0 Å². The number of morpholine rings is 1. The minimum absolute atomic E-state index is 0.156. The van der Waals surface area contributed by atoms with E-state index in [-0.39, 0.29) is 11.6 Å². The minimum Gasteiger partial charge on any atom is -0.379 e. The smallest absolute Gasteiger partial charge is 0.247 e. The zero-order chi connectivity index (χ0) is 19.0. The molecule has 150 valence electrons. The highest BCUT2D eigenvalue weighted by molar-refractivity contribution is 5.38. The molecule has 3 aliphatic rings. The van der Waals surface area contributed by atoms with Gasteiger partial charge in [0.2, 0.25) is 5.89 Å². The molecule has 2 aromatic rings. The number of piperidine rings is 1. The molecular formula is C22H30N4O2. The highest BCUT2D eigenvalue weighted by atomic mass is 16.5. The number of fused-ring (bicyclic) bond motifs is 1. The molecule has 1 atom stereocenters. The van der Waals surface area contributed by atoms with E-state index in [0.717, 1.165) is 63.9 Å². The van der Waals surface area contributed by atoms with Crippen molar-refractivity contribution in [1.82, 2.24) is 19.9 Å². The van der Waals surface area contributed by atoms with E-state index in [0.29, 0.717) is 0 Å². The Morgan fingerprint density at radius 2 is 1.64 bits per heavy atom. The quantitative estimate of drug-likeness (QED) is 0.810. The Hall–Kier alpha value is -1.76. The first-order valence-corrected chi connectivity index (χ1v) is 10.7. The molecule has 1 unspecified atom stereocenters. The van der Waals surface area contributed by atoms with E-state index in [1.165, 1.54) is 30.4 Å². The molecular weight excluding hydrogens is 352 g/mol. The minimum atomic E-state index is -0.180. The molecule has 2 fully saturated rings. The summed E-state index contributed by atoms with van der Waals surface area (Å²) in [7, 11) is 0. The van der Waals surface area contributed by atoms with Crippen LogP contribution in [-0.2, 0) is 23.1 Å². The number of likely N-dealkylation sites (tertiary alicyclic amines) is 1. The lowest BCUT2D eigenvalue weighted by atomic mass is 9.90. The Morgan fingerprint density at radius 1 is 0.964 bits per heavy atom. The summed E-state index contributed by atoms with van der Waals surface area (Å²) in [6.07, 6.45) is 5.77. The van der Waals surface area contributed by atoms with Gasteiger partial charge < -0.3 is 9.26 Å². The van der Waals surface area contributed by atoms with Crippen molar-refractivity contribution >= 4 is 0 Å². The summed E-state index contributed by atoms with van der Waals surface area (Å²) in [5, 5.41) is 4.44. The van der Waals surface area contributed by atoms with Crippen LogP contribution in [0.2, 0.25) is 0 Å². The average Bonchev–Trinajstić information content (AvgIpc) is 3.40. The van der Waals surface area contributed by atoms with Crippen molar-refractivity contribution in [1.29, 1.82) is 0 Å². The fourth-order valence-corrected chi connectivity index (χ4v) is 5.15. The lowest BCUT2D eigenvalue weighted by molar-refractivity contribution is 0.0178. The van der Waals surface area contributed by atoms with E-state index in [4.69, 9.17) is 14.2 Å². The van der Waals surface area contributed by atoms with Crippen LogP contribution in [0.25, 0.3) is 0 Å². The van der Waals surface area contributed by atoms with Crippen LogP contribution in [0.1, 0.15) is 55.1 Å². The first kappa shape index (κ1) is 18.3. The number of benzene rings is 1. The molecule has 1 aliphatic carbocycles. The van der Waals surface area contributed by atoms with E-state index in [1.54, 1.807) is 0 Å². The van der Waals surface area contributed by atoms with Crippen molar-refractivity contribution in [3.05, 3.63) is 47.1 Å². The molecule has 0 saturated carbocycles. The summed E-state index contributed by atoms with van der Waals surface area (Å²) >= 11 is 0. The van der Waals surface area contributed by atoms with Gasteiger partial charge in [-0.15, -0.1) is 0 Å². The fourth-order valence-electron chi connectivity index (χ4n) is 5.15. The maximum Gasteiger partial charge on any atom is 0.247 e. The zero-order valence-electron chi connectivity index (χ0n) is 16.8. The predicted octanol–water partition coefficient (Wildman–Crippen LogP) is 2.94. The first-order chi connectivity index (χ1) is 13.8. The largest absolute Gasteiger partial charge is 0.379 e. The van der Waals surface area contributed by atoms with Crippen LogP contribution >= 0.6 is 0 Å². The van der Waals surface area contributed by atoms with Gasteiger partial charge in [0, 0.05) is 25.9 Å². The average molecular weight is 383 g/mol. The molecule has 3 heterocycles. The highest BCUT2D eigenvalue weighted by Gasteiger charge is 2.48. The summed E-state index contributed by atoms with van der Waals surface area (Å²) < 4.78 is 11.5. The van der Waals surface area contributed by atoms with Gasteiger partial charge in [-0.3, -0.25) is 9.80 Å². The standard InChI is InChI=1S/C22H30N4O2/c1-17(25-11-13-27-14-12-25)20-23-21(28-24-20)22(26-9-5-2-6-10-26)15-18-7-3-4-8-19(18)16-22/h3-4,7-8,17H,2,5-6,9-16H2,1H3. The number of nitrogens with zero attached hydrogens (tertiary/aromatic N) is 4. The number of rotatable bonds is 4. The molecule has 6 heteroatoms.